The van der Waals surface area contributed by atoms with Gasteiger partial charge in [0.05, 0.1) is 10.4 Å². The molecule has 2 rings (SSSR count). The lowest BCUT2D eigenvalue weighted by molar-refractivity contribution is -0.0460. The van der Waals surface area contributed by atoms with Crippen LogP contribution in [0.3, 0.4) is 0 Å². The number of aromatic nitrogens is 1. The van der Waals surface area contributed by atoms with Gasteiger partial charge in [0.15, 0.2) is 0 Å². The number of aliphatic hydroxyl groups is 1. The van der Waals surface area contributed by atoms with Crippen molar-refractivity contribution in [2.45, 2.75) is 38.7 Å². The maximum Gasteiger partial charge on any atom is 0.123 e. The van der Waals surface area contributed by atoms with Gasteiger partial charge in [-0.1, -0.05) is 13.8 Å². The Labute approximate surface area is 96.5 Å². The highest BCUT2D eigenvalue weighted by Gasteiger charge is 2.50. The van der Waals surface area contributed by atoms with Gasteiger partial charge in [0.1, 0.15) is 10.2 Å². The Balaban J connectivity index is 2.47. The first kappa shape index (κ1) is 10.6. The molecule has 1 aromatic rings. The summed E-state index contributed by atoms with van der Waals surface area (Å²) >= 11 is 4.94. The van der Waals surface area contributed by atoms with Crippen LogP contribution in [-0.2, 0) is 5.60 Å². The first-order valence-electron chi connectivity index (χ1n) is 4.79. The highest BCUT2D eigenvalue weighted by atomic mass is 79.9. The molecule has 2 nitrogen and oxygen atoms in total. The molecule has 1 aliphatic rings. The van der Waals surface area contributed by atoms with Crippen LogP contribution in [0.5, 0.6) is 0 Å². The molecule has 0 bridgehead atoms. The zero-order valence-corrected chi connectivity index (χ0v) is 10.8. The summed E-state index contributed by atoms with van der Waals surface area (Å²) < 4.78 is 0.806. The number of hydrogen-bond donors (Lipinski definition) is 1. The van der Waals surface area contributed by atoms with E-state index in [0.717, 1.165) is 28.7 Å². The summed E-state index contributed by atoms with van der Waals surface area (Å²) in [6, 6.07) is 0. The van der Waals surface area contributed by atoms with Crippen molar-refractivity contribution >= 4 is 27.3 Å². The molecule has 14 heavy (non-hydrogen) atoms. The molecular formula is C10H14BrNOS. The van der Waals surface area contributed by atoms with E-state index < -0.39 is 5.60 Å². The van der Waals surface area contributed by atoms with Crippen LogP contribution in [0.4, 0.5) is 0 Å². The van der Waals surface area contributed by atoms with Crippen LogP contribution < -0.4 is 0 Å². The van der Waals surface area contributed by atoms with E-state index in [2.05, 4.69) is 34.8 Å². The smallest absolute Gasteiger partial charge is 0.123 e. The van der Waals surface area contributed by atoms with Gasteiger partial charge in [0.2, 0.25) is 0 Å². The zero-order valence-electron chi connectivity index (χ0n) is 8.38. The van der Waals surface area contributed by atoms with Crippen LogP contribution in [0.2, 0.25) is 0 Å². The first-order valence-corrected chi connectivity index (χ1v) is 6.46. The van der Waals surface area contributed by atoms with Crippen molar-refractivity contribution in [3.8, 4) is 0 Å². The van der Waals surface area contributed by atoms with Crippen molar-refractivity contribution in [1.29, 1.82) is 0 Å². The number of hydrogen-bond acceptors (Lipinski definition) is 3. The van der Waals surface area contributed by atoms with Gasteiger partial charge in [0.25, 0.3) is 0 Å². The molecule has 1 atom stereocenters. The van der Waals surface area contributed by atoms with Crippen LogP contribution in [0, 0.1) is 5.41 Å². The minimum atomic E-state index is -0.688. The number of nitrogens with zero attached hydrogens (tertiary/aromatic N) is 1. The highest BCUT2D eigenvalue weighted by Crippen LogP contribution is 2.54. The third-order valence-corrected chi connectivity index (χ3v) is 5.20. The Hall–Kier alpha value is 0.0700. The van der Waals surface area contributed by atoms with Crippen LogP contribution >= 0.6 is 27.3 Å². The lowest BCUT2D eigenvalue weighted by atomic mass is 9.77. The van der Waals surface area contributed by atoms with Gasteiger partial charge in [-0.25, -0.2) is 4.98 Å². The van der Waals surface area contributed by atoms with Gasteiger partial charge in [-0.2, -0.15) is 0 Å². The molecule has 0 aliphatic heterocycles. The monoisotopic (exact) mass is 275 g/mol. The van der Waals surface area contributed by atoms with Crippen molar-refractivity contribution in [1.82, 2.24) is 4.98 Å². The molecule has 0 radical (unpaired) electrons. The fourth-order valence-corrected chi connectivity index (χ4v) is 4.09. The standard InChI is InChI=1S/C10H14BrNOS/c1-9(2)4-3-5-10(9,13)7-8(11)12-6-14-7/h6,13H,3-5H2,1-2H3. The lowest BCUT2D eigenvalue weighted by Crippen LogP contribution is -2.36. The van der Waals surface area contributed by atoms with Crippen molar-refractivity contribution < 1.29 is 5.11 Å². The van der Waals surface area contributed by atoms with Crippen LogP contribution in [0.25, 0.3) is 0 Å². The van der Waals surface area contributed by atoms with Crippen LogP contribution in [0.1, 0.15) is 38.0 Å². The largest absolute Gasteiger partial charge is 0.384 e. The predicted molar refractivity (Wildman–Crippen MR) is 61.3 cm³/mol. The molecule has 0 saturated heterocycles. The lowest BCUT2D eigenvalue weighted by Gasteiger charge is -2.35. The SMILES string of the molecule is CC1(C)CCCC1(O)c1scnc1Br. The third kappa shape index (κ3) is 1.35. The van der Waals surface area contributed by atoms with E-state index >= 15 is 0 Å². The van der Waals surface area contributed by atoms with Crippen molar-refractivity contribution in [2.24, 2.45) is 5.41 Å². The van der Waals surface area contributed by atoms with Gasteiger partial charge in [0, 0.05) is 0 Å². The molecule has 1 unspecified atom stereocenters. The first-order chi connectivity index (χ1) is 6.47. The minimum absolute atomic E-state index is 0.0396. The molecule has 1 N–H and O–H groups in total. The van der Waals surface area contributed by atoms with E-state index in [0.29, 0.717) is 0 Å². The second-order valence-electron chi connectivity index (χ2n) is 4.57. The molecule has 1 saturated carbocycles. The quantitative estimate of drug-likeness (QED) is 0.853. The Morgan fingerprint density at radius 3 is 2.64 bits per heavy atom. The summed E-state index contributed by atoms with van der Waals surface area (Å²) in [6.45, 7) is 4.26. The summed E-state index contributed by atoms with van der Waals surface area (Å²) in [7, 11) is 0. The van der Waals surface area contributed by atoms with Crippen molar-refractivity contribution in [2.75, 3.05) is 0 Å². The summed E-state index contributed by atoms with van der Waals surface area (Å²) in [6.07, 6.45) is 3.02. The normalized spacial score (nSPS) is 30.9. The maximum atomic E-state index is 10.7. The molecule has 1 fully saturated rings. The van der Waals surface area contributed by atoms with Crippen molar-refractivity contribution in [3.05, 3.63) is 15.0 Å². The summed E-state index contributed by atoms with van der Waals surface area (Å²) in [5, 5.41) is 10.7. The number of thiazole rings is 1. The molecule has 4 heteroatoms. The molecule has 1 aliphatic carbocycles. The predicted octanol–water partition coefficient (Wildman–Crippen LogP) is 3.30. The number of rotatable bonds is 1. The van der Waals surface area contributed by atoms with Gasteiger partial charge in [-0.05, 0) is 40.6 Å². The Morgan fingerprint density at radius 2 is 2.21 bits per heavy atom. The zero-order chi connectivity index (χ0) is 10.4. The average molecular weight is 276 g/mol. The molecule has 78 valence electrons. The van der Waals surface area contributed by atoms with Gasteiger partial charge < -0.3 is 5.11 Å². The maximum absolute atomic E-state index is 10.7. The van der Waals surface area contributed by atoms with E-state index in [1.54, 1.807) is 5.51 Å². The second-order valence-corrected chi connectivity index (χ2v) is 6.18. The second kappa shape index (κ2) is 3.29. The summed E-state index contributed by atoms with van der Waals surface area (Å²) in [5.41, 5.74) is 1.06. The van der Waals surface area contributed by atoms with Gasteiger partial charge in [-0.3, -0.25) is 0 Å². The molecule has 0 spiro atoms. The Morgan fingerprint density at radius 1 is 1.50 bits per heavy atom. The highest BCUT2D eigenvalue weighted by molar-refractivity contribution is 9.10. The summed E-state index contributed by atoms with van der Waals surface area (Å²) in [4.78, 5) is 5.13. The van der Waals surface area contributed by atoms with Gasteiger partial charge in [-0.15, -0.1) is 11.3 Å². The van der Waals surface area contributed by atoms with E-state index in [4.69, 9.17) is 0 Å². The van der Waals surface area contributed by atoms with Crippen LogP contribution in [0.15, 0.2) is 10.1 Å². The van der Waals surface area contributed by atoms with E-state index in [1.807, 2.05) is 0 Å². The van der Waals surface area contributed by atoms with E-state index in [1.165, 1.54) is 11.3 Å². The topological polar surface area (TPSA) is 33.1 Å². The molecule has 0 amide bonds. The number of halogens is 1. The molecule has 1 aromatic heterocycles. The molecular weight excluding hydrogens is 262 g/mol. The van der Waals surface area contributed by atoms with Crippen LogP contribution in [-0.4, -0.2) is 10.1 Å². The van der Waals surface area contributed by atoms with Crippen molar-refractivity contribution in [3.63, 3.8) is 0 Å². The van der Waals surface area contributed by atoms with Gasteiger partial charge >= 0.3 is 0 Å². The fraction of sp³-hybridized carbons (Fsp3) is 0.700. The third-order valence-electron chi connectivity index (χ3n) is 3.36. The fourth-order valence-electron chi connectivity index (χ4n) is 2.25. The molecule has 0 aromatic carbocycles. The summed E-state index contributed by atoms with van der Waals surface area (Å²) in [5.74, 6) is 0. The Bertz CT molecular complexity index is 350. The van der Waals surface area contributed by atoms with E-state index in [-0.39, 0.29) is 5.41 Å². The Kier molecular flexibility index (Phi) is 2.48. The molecule has 1 heterocycles. The average Bonchev–Trinajstić information content (AvgIpc) is 2.59. The van der Waals surface area contributed by atoms with E-state index in [9.17, 15) is 5.11 Å². The minimum Gasteiger partial charge on any atom is -0.384 e.